The van der Waals surface area contributed by atoms with Crippen LogP contribution in [0.5, 0.6) is 0 Å². The molecule has 0 heterocycles. The molecule has 118 valence electrons. The predicted molar refractivity (Wildman–Crippen MR) is 92.8 cm³/mol. The summed E-state index contributed by atoms with van der Waals surface area (Å²) in [6.45, 7) is 10.2. The lowest BCUT2D eigenvalue weighted by Crippen LogP contribution is -2.41. The van der Waals surface area contributed by atoms with Gasteiger partial charge in [-0.05, 0) is 69.0 Å². The Balaban J connectivity index is 2.09. The van der Waals surface area contributed by atoms with Gasteiger partial charge in [0, 0.05) is 6.04 Å². The van der Waals surface area contributed by atoms with Crippen LogP contribution in [0.3, 0.4) is 0 Å². The first-order chi connectivity index (χ1) is 10.1. The SMILES string of the molecule is CCCC1CCC(NCC)C(Cc2cc(C)ccc2C)C1. The Kier molecular flexibility index (Phi) is 6.29. The number of aryl methyl sites for hydroxylation is 2. The standard InChI is InChI=1S/C20H33N/c1-5-7-17-10-11-20(21-6-2)19(13-17)14-18-12-15(3)8-9-16(18)4/h8-9,12,17,19-21H,5-7,10-11,13-14H2,1-4H3. The van der Waals surface area contributed by atoms with Crippen LogP contribution in [0.15, 0.2) is 18.2 Å². The Morgan fingerprint density at radius 2 is 1.95 bits per heavy atom. The fraction of sp³-hybridized carbons (Fsp3) is 0.700. The summed E-state index contributed by atoms with van der Waals surface area (Å²) in [7, 11) is 0. The van der Waals surface area contributed by atoms with Gasteiger partial charge in [0.2, 0.25) is 0 Å². The molecular formula is C20H33N. The lowest BCUT2D eigenvalue weighted by molar-refractivity contribution is 0.195. The molecule has 1 aliphatic rings. The van der Waals surface area contributed by atoms with Gasteiger partial charge in [0.15, 0.2) is 0 Å². The zero-order valence-corrected chi connectivity index (χ0v) is 14.4. The number of hydrogen-bond donors (Lipinski definition) is 1. The molecule has 0 spiro atoms. The number of nitrogens with one attached hydrogen (secondary N) is 1. The minimum Gasteiger partial charge on any atom is -0.314 e. The van der Waals surface area contributed by atoms with E-state index in [9.17, 15) is 0 Å². The van der Waals surface area contributed by atoms with E-state index >= 15 is 0 Å². The van der Waals surface area contributed by atoms with Gasteiger partial charge in [-0.1, -0.05) is 50.5 Å². The molecule has 3 unspecified atom stereocenters. The van der Waals surface area contributed by atoms with Crippen molar-refractivity contribution in [2.24, 2.45) is 11.8 Å². The van der Waals surface area contributed by atoms with Crippen LogP contribution in [-0.4, -0.2) is 12.6 Å². The Bertz CT molecular complexity index is 437. The summed E-state index contributed by atoms with van der Waals surface area (Å²) >= 11 is 0. The molecule has 1 fully saturated rings. The first kappa shape index (κ1) is 16.5. The van der Waals surface area contributed by atoms with Crippen molar-refractivity contribution in [3.05, 3.63) is 34.9 Å². The van der Waals surface area contributed by atoms with Gasteiger partial charge in [-0.15, -0.1) is 0 Å². The summed E-state index contributed by atoms with van der Waals surface area (Å²) in [5.74, 6) is 1.77. The fourth-order valence-electron chi connectivity index (χ4n) is 4.09. The lowest BCUT2D eigenvalue weighted by Gasteiger charge is -2.37. The summed E-state index contributed by atoms with van der Waals surface area (Å²) in [4.78, 5) is 0. The summed E-state index contributed by atoms with van der Waals surface area (Å²) in [6.07, 6.45) is 8.22. The summed E-state index contributed by atoms with van der Waals surface area (Å²) in [5.41, 5.74) is 4.44. The largest absolute Gasteiger partial charge is 0.314 e. The molecule has 1 aromatic rings. The first-order valence-electron chi connectivity index (χ1n) is 8.93. The van der Waals surface area contributed by atoms with Crippen molar-refractivity contribution in [2.75, 3.05) is 6.54 Å². The van der Waals surface area contributed by atoms with Gasteiger partial charge in [0.25, 0.3) is 0 Å². The van der Waals surface area contributed by atoms with Crippen LogP contribution in [0.1, 0.15) is 62.6 Å². The molecule has 1 nitrogen and oxygen atoms in total. The van der Waals surface area contributed by atoms with E-state index in [1.165, 1.54) is 49.7 Å². The minimum absolute atomic E-state index is 0.725. The maximum Gasteiger partial charge on any atom is 0.00985 e. The van der Waals surface area contributed by atoms with E-state index in [4.69, 9.17) is 0 Å². The molecule has 0 aliphatic heterocycles. The van der Waals surface area contributed by atoms with Crippen molar-refractivity contribution in [3.63, 3.8) is 0 Å². The van der Waals surface area contributed by atoms with E-state index in [1.54, 1.807) is 5.56 Å². The molecule has 0 aromatic heterocycles. The van der Waals surface area contributed by atoms with E-state index in [-0.39, 0.29) is 0 Å². The molecule has 1 N–H and O–H groups in total. The van der Waals surface area contributed by atoms with Crippen molar-refractivity contribution < 1.29 is 0 Å². The third kappa shape index (κ3) is 4.57. The van der Waals surface area contributed by atoms with Crippen LogP contribution >= 0.6 is 0 Å². The third-order valence-corrected chi connectivity index (χ3v) is 5.24. The van der Waals surface area contributed by atoms with Crippen LogP contribution in [0.2, 0.25) is 0 Å². The van der Waals surface area contributed by atoms with E-state index < -0.39 is 0 Å². The van der Waals surface area contributed by atoms with Crippen molar-refractivity contribution >= 4 is 0 Å². The molecule has 21 heavy (non-hydrogen) atoms. The Labute approximate surface area is 131 Å². The van der Waals surface area contributed by atoms with E-state index in [2.05, 4.69) is 51.2 Å². The predicted octanol–water partition coefficient (Wildman–Crippen LogP) is 5.04. The van der Waals surface area contributed by atoms with Crippen LogP contribution in [-0.2, 0) is 6.42 Å². The molecule has 2 rings (SSSR count). The molecule has 1 aliphatic carbocycles. The number of benzene rings is 1. The normalized spacial score (nSPS) is 26.0. The smallest absolute Gasteiger partial charge is 0.00985 e. The number of rotatable bonds is 6. The van der Waals surface area contributed by atoms with Crippen molar-refractivity contribution in [2.45, 2.75) is 72.3 Å². The van der Waals surface area contributed by atoms with E-state index in [0.717, 1.165) is 24.4 Å². The highest BCUT2D eigenvalue weighted by atomic mass is 14.9. The summed E-state index contributed by atoms with van der Waals surface area (Å²) in [5, 5.41) is 3.75. The fourth-order valence-corrected chi connectivity index (χ4v) is 4.09. The highest BCUT2D eigenvalue weighted by Gasteiger charge is 2.29. The van der Waals surface area contributed by atoms with Crippen LogP contribution in [0.4, 0.5) is 0 Å². The maximum atomic E-state index is 3.75. The first-order valence-corrected chi connectivity index (χ1v) is 8.93. The highest BCUT2D eigenvalue weighted by molar-refractivity contribution is 5.31. The molecule has 1 saturated carbocycles. The molecular weight excluding hydrogens is 254 g/mol. The van der Waals surface area contributed by atoms with E-state index in [0.29, 0.717) is 0 Å². The average molecular weight is 287 g/mol. The topological polar surface area (TPSA) is 12.0 Å². The quantitative estimate of drug-likeness (QED) is 0.773. The van der Waals surface area contributed by atoms with Crippen molar-refractivity contribution in [1.29, 1.82) is 0 Å². The van der Waals surface area contributed by atoms with Gasteiger partial charge >= 0.3 is 0 Å². The number of hydrogen-bond acceptors (Lipinski definition) is 1. The Morgan fingerprint density at radius 3 is 2.67 bits per heavy atom. The maximum absolute atomic E-state index is 3.75. The average Bonchev–Trinajstić information content (AvgIpc) is 2.46. The second-order valence-electron chi connectivity index (χ2n) is 7.03. The van der Waals surface area contributed by atoms with Gasteiger partial charge in [-0.3, -0.25) is 0 Å². The van der Waals surface area contributed by atoms with E-state index in [1.807, 2.05) is 0 Å². The zero-order valence-electron chi connectivity index (χ0n) is 14.4. The van der Waals surface area contributed by atoms with Crippen LogP contribution < -0.4 is 5.32 Å². The van der Waals surface area contributed by atoms with Crippen LogP contribution in [0.25, 0.3) is 0 Å². The van der Waals surface area contributed by atoms with Gasteiger partial charge in [-0.25, -0.2) is 0 Å². The Hall–Kier alpha value is -0.820. The second kappa shape index (κ2) is 7.98. The monoisotopic (exact) mass is 287 g/mol. The lowest BCUT2D eigenvalue weighted by atomic mass is 9.73. The molecule has 0 amide bonds. The van der Waals surface area contributed by atoms with Gasteiger partial charge in [0.05, 0.1) is 0 Å². The van der Waals surface area contributed by atoms with Crippen LogP contribution in [0, 0.1) is 25.7 Å². The Morgan fingerprint density at radius 1 is 1.14 bits per heavy atom. The molecule has 0 radical (unpaired) electrons. The van der Waals surface area contributed by atoms with Crippen molar-refractivity contribution in [3.8, 4) is 0 Å². The molecule has 1 heteroatoms. The highest BCUT2D eigenvalue weighted by Crippen LogP contribution is 2.34. The van der Waals surface area contributed by atoms with Gasteiger partial charge < -0.3 is 5.32 Å². The summed E-state index contributed by atoms with van der Waals surface area (Å²) < 4.78 is 0. The second-order valence-corrected chi connectivity index (χ2v) is 7.03. The molecule has 1 aromatic carbocycles. The third-order valence-electron chi connectivity index (χ3n) is 5.24. The zero-order chi connectivity index (χ0) is 15.2. The molecule has 0 saturated heterocycles. The minimum atomic E-state index is 0.725. The summed E-state index contributed by atoms with van der Waals surface area (Å²) in [6, 6.07) is 7.66. The van der Waals surface area contributed by atoms with Gasteiger partial charge in [0.1, 0.15) is 0 Å². The molecule has 3 atom stereocenters. The van der Waals surface area contributed by atoms with Crippen molar-refractivity contribution in [1.82, 2.24) is 5.32 Å². The van der Waals surface area contributed by atoms with Gasteiger partial charge in [-0.2, -0.15) is 0 Å². The molecule has 0 bridgehead atoms.